The predicted octanol–water partition coefficient (Wildman–Crippen LogP) is 3.56. The predicted molar refractivity (Wildman–Crippen MR) is 86.7 cm³/mol. The van der Waals surface area contributed by atoms with Gasteiger partial charge in [-0.25, -0.2) is 4.79 Å². The fourth-order valence-electron chi connectivity index (χ4n) is 2.74. The molecule has 0 atom stereocenters. The van der Waals surface area contributed by atoms with Gasteiger partial charge in [-0.2, -0.15) is 0 Å². The molecular weight excluding hydrogens is 262 g/mol. The molecule has 0 aromatic heterocycles. The molecule has 3 N–H and O–H groups in total. The van der Waals surface area contributed by atoms with Crippen LogP contribution in [0.2, 0.25) is 0 Å². The lowest BCUT2D eigenvalue weighted by Crippen LogP contribution is -2.38. The number of carbonyl (C=O) groups excluding carboxylic acids is 1. The molecule has 0 spiro atoms. The van der Waals surface area contributed by atoms with Gasteiger partial charge in [-0.1, -0.05) is 23.8 Å². The molecule has 4 nitrogen and oxygen atoms in total. The topological polar surface area (TPSA) is 58.4 Å². The number of hydrogen-bond acceptors (Lipinski definition) is 2. The molecule has 1 heterocycles. The first kappa shape index (κ1) is 13.5. The smallest absolute Gasteiger partial charge is 0.326 e. The Morgan fingerprint density at radius 2 is 2.10 bits per heavy atom. The summed E-state index contributed by atoms with van der Waals surface area (Å²) in [6.07, 6.45) is 2.01. The van der Waals surface area contributed by atoms with Gasteiger partial charge in [0.1, 0.15) is 0 Å². The van der Waals surface area contributed by atoms with Crippen LogP contribution in [0.5, 0.6) is 0 Å². The highest BCUT2D eigenvalue weighted by atomic mass is 16.2. The van der Waals surface area contributed by atoms with Crippen LogP contribution in [0.4, 0.5) is 21.9 Å². The second-order valence-electron chi connectivity index (χ2n) is 5.44. The summed E-state index contributed by atoms with van der Waals surface area (Å²) in [5.41, 5.74) is 10.6. The maximum atomic E-state index is 12.5. The second kappa shape index (κ2) is 5.48. The zero-order valence-corrected chi connectivity index (χ0v) is 12.1. The molecule has 0 saturated carbocycles. The Labute approximate surface area is 124 Å². The zero-order valence-electron chi connectivity index (χ0n) is 12.1. The van der Waals surface area contributed by atoms with Crippen LogP contribution < -0.4 is 16.0 Å². The number of hydrogen-bond donors (Lipinski definition) is 2. The fourth-order valence-corrected chi connectivity index (χ4v) is 2.74. The van der Waals surface area contributed by atoms with Crippen molar-refractivity contribution in [3.63, 3.8) is 0 Å². The number of amides is 2. The van der Waals surface area contributed by atoms with Crippen LogP contribution in [0.25, 0.3) is 0 Å². The van der Waals surface area contributed by atoms with Gasteiger partial charge in [0, 0.05) is 23.6 Å². The van der Waals surface area contributed by atoms with E-state index in [9.17, 15) is 4.79 Å². The van der Waals surface area contributed by atoms with Gasteiger partial charge in [-0.15, -0.1) is 0 Å². The third-order valence-corrected chi connectivity index (χ3v) is 3.74. The molecule has 3 rings (SSSR count). The minimum atomic E-state index is -0.106. The minimum absolute atomic E-state index is 0.106. The number of nitrogen functional groups attached to an aromatic ring is 1. The third kappa shape index (κ3) is 2.84. The van der Waals surface area contributed by atoms with Gasteiger partial charge in [0.25, 0.3) is 0 Å². The fraction of sp³-hybridized carbons (Fsp3) is 0.235. The van der Waals surface area contributed by atoms with Crippen LogP contribution in [0.1, 0.15) is 17.5 Å². The Morgan fingerprint density at radius 1 is 1.24 bits per heavy atom. The number of benzene rings is 2. The number of nitrogens with two attached hydrogens (primary N) is 1. The quantitative estimate of drug-likeness (QED) is 0.785. The second-order valence-corrected chi connectivity index (χ2v) is 5.44. The van der Waals surface area contributed by atoms with Crippen LogP contribution in [-0.2, 0) is 6.42 Å². The SMILES string of the molecule is Cc1ccc2c(c1)CCCN2C(=O)Nc1cccc(N)c1. The molecule has 0 aliphatic carbocycles. The van der Waals surface area contributed by atoms with Crippen molar-refractivity contribution in [2.75, 3.05) is 22.5 Å². The van der Waals surface area contributed by atoms with E-state index in [1.165, 1.54) is 11.1 Å². The lowest BCUT2D eigenvalue weighted by Gasteiger charge is -2.29. The van der Waals surface area contributed by atoms with E-state index in [2.05, 4.69) is 18.3 Å². The summed E-state index contributed by atoms with van der Waals surface area (Å²) in [5, 5.41) is 2.91. The molecule has 0 saturated heterocycles. The lowest BCUT2D eigenvalue weighted by atomic mass is 10.00. The van der Waals surface area contributed by atoms with E-state index >= 15 is 0 Å². The number of rotatable bonds is 1. The van der Waals surface area contributed by atoms with Gasteiger partial charge >= 0.3 is 6.03 Å². The van der Waals surface area contributed by atoms with Gasteiger partial charge in [0.2, 0.25) is 0 Å². The van der Waals surface area contributed by atoms with E-state index in [1.54, 1.807) is 12.1 Å². The van der Waals surface area contributed by atoms with Crippen LogP contribution in [-0.4, -0.2) is 12.6 Å². The van der Waals surface area contributed by atoms with E-state index < -0.39 is 0 Å². The van der Waals surface area contributed by atoms with Crippen molar-refractivity contribution in [3.05, 3.63) is 53.6 Å². The van der Waals surface area contributed by atoms with Gasteiger partial charge < -0.3 is 11.1 Å². The Kier molecular flexibility index (Phi) is 3.52. The van der Waals surface area contributed by atoms with Crippen LogP contribution in [0, 0.1) is 6.92 Å². The monoisotopic (exact) mass is 281 g/mol. The Morgan fingerprint density at radius 3 is 2.90 bits per heavy atom. The average Bonchev–Trinajstić information content (AvgIpc) is 2.46. The van der Waals surface area contributed by atoms with Crippen molar-refractivity contribution in [2.45, 2.75) is 19.8 Å². The van der Waals surface area contributed by atoms with Crippen molar-refractivity contribution >= 4 is 23.1 Å². The zero-order chi connectivity index (χ0) is 14.8. The molecule has 0 fully saturated rings. The molecule has 1 aliphatic rings. The van der Waals surface area contributed by atoms with Gasteiger partial charge in [0.05, 0.1) is 0 Å². The number of urea groups is 1. The van der Waals surface area contributed by atoms with Crippen LogP contribution in [0.3, 0.4) is 0 Å². The maximum absolute atomic E-state index is 12.5. The van der Waals surface area contributed by atoms with E-state index in [1.807, 2.05) is 29.2 Å². The van der Waals surface area contributed by atoms with Crippen LogP contribution in [0.15, 0.2) is 42.5 Å². The average molecular weight is 281 g/mol. The van der Waals surface area contributed by atoms with Gasteiger partial charge in [-0.3, -0.25) is 4.90 Å². The standard InChI is InChI=1S/C17H19N3O/c1-12-7-8-16-13(10-12)4-3-9-20(16)17(21)19-15-6-2-5-14(18)11-15/h2,5-8,10-11H,3-4,9,18H2,1H3,(H,19,21). The maximum Gasteiger partial charge on any atom is 0.326 e. The number of fused-ring (bicyclic) bond motifs is 1. The molecule has 1 aliphatic heterocycles. The third-order valence-electron chi connectivity index (χ3n) is 3.74. The lowest BCUT2D eigenvalue weighted by molar-refractivity contribution is 0.256. The van der Waals surface area contributed by atoms with Gasteiger partial charge in [-0.05, 0) is 49.6 Å². The molecule has 0 radical (unpaired) electrons. The Hall–Kier alpha value is -2.49. The summed E-state index contributed by atoms with van der Waals surface area (Å²) in [4.78, 5) is 14.3. The summed E-state index contributed by atoms with van der Waals surface area (Å²) in [6, 6.07) is 13.4. The molecule has 4 heteroatoms. The van der Waals surface area contributed by atoms with E-state index in [4.69, 9.17) is 5.73 Å². The van der Waals surface area contributed by atoms with E-state index in [-0.39, 0.29) is 6.03 Å². The van der Waals surface area contributed by atoms with Crippen LogP contribution >= 0.6 is 0 Å². The summed E-state index contributed by atoms with van der Waals surface area (Å²) >= 11 is 0. The minimum Gasteiger partial charge on any atom is -0.399 e. The molecule has 0 bridgehead atoms. The summed E-state index contributed by atoms with van der Waals surface area (Å²) in [6.45, 7) is 2.82. The van der Waals surface area contributed by atoms with Crippen molar-refractivity contribution in [2.24, 2.45) is 0 Å². The van der Waals surface area contributed by atoms with Crippen molar-refractivity contribution in [3.8, 4) is 0 Å². The first-order valence-electron chi connectivity index (χ1n) is 7.17. The highest BCUT2D eigenvalue weighted by Crippen LogP contribution is 2.28. The normalized spacial score (nSPS) is 13.7. The molecule has 2 amide bonds. The summed E-state index contributed by atoms with van der Waals surface area (Å²) in [5.74, 6) is 0. The Bertz CT molecular complexity index is 681. The van der Waals surface area contributed by atoms with Crippen molar-refractivity contribution in [1.29, 1.82) is 0 Å². The van der Waals surface area contributed by atoms with E-state index in [0.29, 0.717) is 5.69 Å². The molecule has 108 valence electrons. The van der Waals surface area contributed by atoms with Crippen molar-refractivity contribution < 1.29 is 4.79 Å². The first-order valence-corrected chi connectivity index (χ1v) is 7.17. The molecule has 0 unspecified atom stereocenters. The number of anilines is 3. The number of carbonyl (C=O) groups is 1. The molecule has 2 aromatic rings. The number of nitrogens with one attached hydrogen (secondary N) is 1. The highest BCUT2D eigenvalue weighted by molar-refractivity contribution is 6.02. The summed E-state index contributed by atoms with van der Waals surface area (Å²) < 4.78 is 0. The van der Waals surface area contributed by atoms with E-state index in [0.717, 1.165) is 30.8 Å². The highest BCUT2D eigenvalue weighted by Gasteiger charge is 2.22. The largest absolute Gasteiger partial charge is 0.399 e. The summed E-state index contributed by atoms with van der Waals surface area (Å²) in [7, 11) is 0. The Balaban J connectivity index is 1.83. The number of aryl methyl sites for hydroxylation is 2. The molecule has 21 heavy (non-hydrogen) atoms. The van der Waals surface area contributed by atoms with Gasteiger partial charge in [0.15, 0.2) is 0 Å². The number of nitrogens with zero attached hydrogens (tertiary/aromatic N) is 1. The van der Waals surface area contributed by atoms with Crippen molar-refractivity contribution in [1.82, 2.24) is 0 Å². The molecule has 2 aromatic carbocycles. The molecular formula is C17H19N3O. The first-order chi connectivity index (χ1) is 10.1.